The van der Waals surface area contributed by atoms with Gasteiger partial charge < -0.3 is 14.7 Å². The molecule has 0 aliphatic carbocycles. The Morgan fingerprint density at radius 3 is 2.72 bits per heavy atom. The van der Waals surface area contributed by atoms with Gasteiger partial charge in [0.25, 0.3) is 0 Å². The van der Waals surface area contributed by atoms with Gasteiger partial charge in [-0.25, -0.2) is 9.67 Å². The zero-order chi connectivity index (χ0) is 17.2. The zero-order valence-corrected chi connectivity index (χ0v) is 14.6. The van der Waals surface area contributed by atoms with Crippen LogP contribution in [0.3, 0.4) is 0 Å². The van der Waals surface area contributed by atoms with Gasteiger partial charge in [0.1, 0.15) is 11.6 Å². The number of hydrogen-bond acceptors (Lipinski definition) is 5. The molecule has 1 fully saturated rings. The fourth-order valence-corrected chi connectivity index (χ4v) is 3.63. The molecule has 7 heteroatoms. The highest BCUT2D eigenvalue weighted by Crippen LogP contribution is 2.21. The van der Waals surface area contributed by atoms with Crippen molar-refractivity contribution in [3.05, 3.63) is 36.2 Å². The van der Waals surface area contributed by atoms with Crippen LogP contribution in [0.15, 0.2) is 30.5 Å². The zero-order valence-electron chi connectivity index (χ0n) is 14.6. The molecule has 2 aromatic heterocycles. The quantitative estimate of drug-likeness (QED) is 0.839. The van der Waals surface area contributed by atoms with Crippen LogP contribution in [0.2, 0.25) is 0 Å². The number of hydrogen-bond donors (Lipinski definition) is 0. The summed E-state index contributed by atoms with van der Waals surface area (Å²) in [5.74, 6) is 2.27. The van der Waals surface area contributed by atoms with E-state index in [-0.39, 0.29) is 5.91 Å². The van der Waals surface area contributed by atoms with E-state index < -0.39 is 0 Å². The van der Waals surface area contributed by atoms with Gasteiger partial charge in [-0.3, -0.25) is 4.79 Å². The van der Waals surface area contributed by atoms with Gasteiger partial charge in [-0.05, 0) is 25.5 Å². The summed E-state index contributed by atoms with van der Waals surface area (Å²) < 4.78 is 2.02. The minimum atomic E-state index is 0.202. The molecule has 1 amide bonds. The smallest absolute Gasteiger partial charge is 0.242 e. The maximum Gasteiger partial charge on any atom is 0.242 e. The van der Waals surface area contributed by atoms with Crippen LogP contribution in [0.5, 0.6) is 0 Å². The highest BCUT2D eigenvalue weighted by molar-refractivity contribution is 5.81. The second kappa shape index (κ2) is 6.74. The van der Waals surface area contributed by atoms with Gasteiger partial charge in [-0.2, -0.15) is 5.10 Å². The van der Waals surface area contributed by atoms with E-state index in [1.807, 2.05) is 40.9 Å². The molecule has 1 saturated heterocycles. The van der Waals surface area contributed by atoms with Crippen LogP contribution in [0.25, 0.3) is 0 Å². The summed E-state index contributed by atoms with van der Waals surface area (Å²) >= 11 is 0. The highest BCUT2D eigenvalue weighted by atomic mass is 16.2. The molecule has 2 aliphatic heterocycles. The van der Waals surface area contributed by atoms with E-state index in [1.54, 1.807) is 0 Å². The lowest BCUT2D eigenvalue weighted by atomic mass is 10.2. The molecule has 25 heavy (non-hydrogen) atoms. The van der Waals surface area contributed by atoms with Gasteiger partial charge in [0.15, 0.2) is 0 Å². The number of aryl methyl sites for hydroxylation is 2. The third kappa shape index (κ3) is 3.31. The van der Waals surface area contributed by atoms with E-state index in [0.717, 1.165) is 63.0 Å². The first-order chi connectivity index (χ1) is 12.2. The molecular formula is C18H24N6O. The number of carbonyl (C=O) groups excluding carboxylic acids is 1. The number of anilines is 2. The molecule has 0 spiro atoms. The van der Waals surface area contributed by atoms with E-state index in [4.69, 9.17) is 0 Å². The lowest BCUT2D eigenvalue weighted by molar-refractivity contribution is -0.130. The molecule has 0 atom stereocenters. The standard InChI is InChI=1S/C18H24N6O/c1-15-13-17-23(7-4-8-24(17)20-15)14-18(25)22-11-9-21(10-12-22)16-5-2-3-6-19-16/h2-3,5-6,13H,4,7-12,14H2,1H3. The Labute approximate surface area is 147 Å². The largest absolute Gasteiger partial charge is 0.353 e. The molecule has 0 N–H and O–H groups in total. The third-order valence-electron chi connectivity index (χ3n) is 4.93. The van der Waals surface area contributed by atoms with E-state index in [9.17, 15) is 4.79 Å². The second-order valence-electron chi connectivity index (χ2n) is 6.70. The molecule has 0 aromatic carbocycles. The summed E-state index contributed by atoms with van der Waals surface area (Å²) in [5.41, 5.74) is 1.01. The van der Waals surface area contributed by atoms with Gasteiger partial charge in [-0.15, -0.1) is 0 Å². The van der Waals surface area contributed by atoms with Crippen LogP contribution >= 0.6 is 0 Å². The molecule has 0 bridgehead atoms. The first-order valence-corrected chi connectivity index (χ1v) is 8.94. The Morgan fingerprint density at radius 1 is 1.12 bits per heavy atom. The highest BCUT2D eigenvalue weighted by Gasteiger charge is 2.26. The number of rotatable bonds is 3. The summed E-state index contributed by atoms with van der Waals surface area (Å²) in [7, 11) is 0. The van der Waals surface area contributed by atoms with Gasteiger partial charge in [0.05, 0.1) is 12.2 Å². The van der Waals surface area contributed by atoms with Crippen molar-refractivity contribution in [2.45, 2.75) is 19.9 Å². The Morgan fingerprint density at radius 2 is 1.96 bits per heavy atom. The van der Waals surface area contributed by atoms with Crippen molar-refractivity contribution in [1.82, 2.24) is 19.7 Å². The summed E-state index contributed by atoms with van der Waals surface area (Å²) in [6.07, 6.45) is 2.85. The molecule has 4 heterocycles. The van der Waals surface area contributed by atoms with Crippen LogP contribution < -0.4 is 9.80 Å². The molecule has 0 unspecified atom stereocenters. The van der Waals surface area contributed by atoms with Crippen molar-refractivity contribution in [1.29, 1.82) is 0 Å². The van der Waals surface area contributed by atoms with Crippen molar-refractivity contribution < 1.29 is 4.79 Å². The van der Waals surface area contributed by atoms with Crippen LogP contribution in [-0.2, 0) is 11.3 Å². The van der Waals surface area contributed by atoms with Gasteiger partial charge >= 0.3 is 0 Å². The van der Waals surface area contributed by atoms with Crippen LogP contribution in [-0.4, -0.2) is 64.8 Å². The Kier molecular flexibility index (Phi) is 4.29. The van der Waals surface area contributed by atoms with Crippen LogP contribution in [0, 0.1) is 6.92 Å². The first kappa shape index (κ1) is 15.9. The van der Waals surface area contributed by atoms with Crippen LogP contribution in [0.1, 0.15) is 12.1 Å². The van der Waals surface area contributed by atoms with Crippen molar-refractivity contribution in [2.75, 3.05) is 49.1 Å². The maximum absolute atomic E-state index is 12.7. The lowest BCUT2D eigenvalue weighted by Gasteiger charge is -2.37. The number of piperazine rings is 1. The number of aromatic nitrogens is 3. The lowest BCUT2D eigenvalue weighted by Crippen LogP contribution is -2.52. The molecule has 2 aromatic rings. The maximum atomic E-state index is 12.7. The minimum absolute atomic E-state index is 0.202. The van der Waals surface area contributed by atoms with Crippen LogP contribution in [0.4, 0.5) is 11.6 Å². The fraction of sp³-hybridized carbons (Fsp3) is 0.500. The first-order valence-electron chi connectivity index (χ1n) is 8.94. The van der Waals surface area contributed by atoms with Crippen molar-refractivity contribution in [3.63, 3.8) is 0 Å². The van der Waals surface area contributed by atoms with E-state index in [0.29, 0.717) is 6.54 Å². The van der Waals surface area contributed by atoms with Crippen molar-refractivity contribution in [2.24, 2.45) is 0 Å². The predicted molar refractivity (Wildman–Crippen MR) is 96.8 cm³/mol. The van der Waals surface area contributed by atoms with Crippen molar-refractivity contribution >= 4 is 17.5 Å². The Bertz CT molecular complexity index is 735. The second-order valence-corrected chi connectivity index (χ2v) is 6.70. The molecule has 7 nitrogen and oxygen atoms in total. The number of carbonyl (C=O) groups is 1. The molecule has 132 valence electrons. The summed E-state index contributed by atoms with van der Waals surface area (Å²) in [6.45, 7) is 7.47. The summed E-state index contributed by atoms with van der Waals surface area (Å²) in [5, 5.41) is 4.50. The molecule has 4 rings (SSSR count). The average Bonchev–Trinajstić information content (AvgIpc) is 3.04. The van der Waals surface area contributed by atoms with Gasteiger partial charge in [-0.1, -0.05) is 6.07 Å². The third-order valence-corrected chi connectivity index (χ3v) is 4.93. The van der Waals surface area contributed by atoms with Gasteiger partial charge in [0.2, 0.25) is 5.91 Å². The minimum Gasteiger partial charge on any atom is -0.353 e. The molecule has 0 saturated carbocycles. The topological polar surface area (TPSA) is 57.5 Å². The number of pyridine rings is 1. The van der Waals surface area contributed by atoms with E-state index in [2.05, 4.69) is 25.9 Å². The van der Waals surface area contributed by atoms with E-state index >= 15 is 0 Å². The predicted octanol–water partition coefficient (Wildman–Crippen LogP) is 1.15. The molecular weight excluding hydrogens is 316 g/mol. The monoisotopic (exact) mass is 340 g/mol. The average molecular weight is 340 g/mol. The number of nitrogens with zero attached hydrogens (tertiary/aromatic N) is 6. The Hall–Kier alpha value is -2.57. The fourth-order valence-electron chi connectivity index (χ4n) is 3.63. The molecule has 2 aliphatic rings. The molecule has 0 radical (unpaired) electrons. The summed E-state index contributed by atoms with van der Waals surface area (Å²) in [4.78, 5) is 23.5. The summed E-state index contributed by atoms with van der Waals surface area (Å²) in [6, 6.07) is 8.02. The van der Waals surface area contributed by atoms with Crippen molar-refractivity contribution in [3.8, 4) is 0 Å². The SMILES string of the molecule is Cc1cc2n(n1)CCCN2CC(=O)N1CCN(c2ccccn2)CC1. The van der Waals surface area contributed by atoms with E-state index in [1.165, 1.54) is 0 Å². The number of amides is 1. The Balaban J connectivity index is 1.36. The normalized spacial score (nSPS) is 17.6. The van der Waals surface area contributed by atoms with Gasteiger partial charge in [0, 0.05) is 51.5 Å². The number of fused-ring (bicyclic) bond motifs is 1.